The van der Waals surface area contributed by atoms with Gasteiger partial charge in [0.2, 0.25) is 0 Å². The average Bonchev–Trinajstić information content (AvgIpc) is 2.66. The van der Waals surface area contributed by atoms with E-state index < -0.39 is 47.8 Å². The van der Waals surface area contributed by atoms with Gasteiger partial charge in [-0.2, -0.15) is 26.3 Å². The minimum atomic E-state index is -4.51. The Morgan fingerprint density at radius 1 is 1.12 bits per heavy atom. The quantitative estimate of drug-likeness (QED) is 0.366. The molecule has 1 aliphatic heterocycles. The zero-order valence-electron chi connectivity index (χ0n) is 18.9. The number of nitrogens with zero attached hydrogens (tertiary/aromatic N) is 1. The first-order valence-electron chi connectivity index (χ1n) is 10.8. The van der Waals surface area contributed by atoms with E-state index in [1.165, 1.54) is 12.1 Å². The van der Waals surface area contributed by atoms with E-state index in [1.54, 1.807) is 4.90 Å². The lowest BCUT2D eigenvalue weighted by atomic mass is 9.83. The smallest absolute Gasteiger partial charge is 0.416 e. The summed E-state index contributed by atoms with van der Waals surface area (Å²) in [6, 6.07) is 3.24. The number of aliphatic carboxylic acids is 1. The highest BCUT2D eigenvalue weighted by atomic mass is 19.4. The van der Waals surface area contributed by atoms with Crippen LogP contribution >= 0.6 is 0 Å². The minimum absolute atomic E-state index is 0.105. The molecule has 1 aliphatic rings. The molecule has 1 aromatic rings. The molecule has 0 aliphatic carbocycles. The summed E-state index contributed by atoms with van der Waals surface area (Å²) in [7, 11) is 0. The zero-order valence-corrected chi connectivity index (χ0v) is 18.9. The Labute approximate surface area is 190 Å². The number of piperidine rings is 1. The van der Waals surface area contributed by atoms with Crippen LogP contribution in [0.1, 0.15) is 70.0 Å². The maximum atomic E-state index is 13.0. The Morgan fingerprint density at radius 2 is 1.73 bits per heavy atom. The number of halogens is 6. The number of carboxylic acids is 1. The molecule has 0 amide bonds. The van der Waals surface area contributed by atoms with Crippen LogP contribution in [0.25, 0.3) is 0 Å². The first-order valence-corrected chi connectivity index (χ1v) is 10.8. The molecule has 9 heteroatoms. The summed E-state index contributed by atoms with van der Waals surface area (Å²) in [6.07, 6.45) is -9.51. The molecule has 1 N–H and O–H groups in total. The highest BCUT2D eigenvalue weighted by Crippen LogP contribution is 2.39. The molecule has 184 valence electrons. The summed E-state index contributed by atoms with van der Waals surface area (Å²) < 4.78 is 78.0. The SMILES string of the molecule is CC(C)(C)C#C[C@H](CCC(F)(F)F)N1CC[C@@H](CC(=O)O)C[C@H]1c1ccc(C(F)(F)F)cc1. The van der Waals surface area contributed by atoms with E-state index in [-0.39, 0.29) is 18.8 Å². The molecule has 0 unspecified atom stereocenters. The highest BCUT2D eigenvalue weighted by molar-refractivity contribution is 5.67. The van der Waals surface area contributed by atoms with Crippen LogP contribution in [0.2, 0.25) is 0 Å². The molecule has 2 rings (SSSR count). The van der Waals surface area contributed by atoms with Crippen molar-refractivity contribution in [3.63, 3.8) is 0 Å². The van der Waals surface area contributed by atoms with Crippen LogP contribution in [0, 0.1) is 23.2 Å². The summed E-state index contributed by atoms with van der Waals surface area (Å²) >= 11 is 0. The molecule has 1 fully saturated rings. The van der Waals surface area contributed by atoms with Gasteiger partial charge in [0.1, 0.15) is 0 Å². The fourth-order valence-electron chi connectivity index (χ4n) is 4.00. The van der Waals surface area contributed by atoms with E-state index in [9.17, 15) is 36.2 Å². The Hall–Kier alpha value is -2.21. The van der Waals surface area contributed by atoms with Gasteiger partial charge in [0.25, 0.3) is 0 Å². The van der Waals surface area contributed by atoms with Gasteiger partial charge in [-0.3, -0.25) is 9.69 Å². The Kier molecular flexibility index (Phi) is 8.50. The molecule has 1 aromatic carbocycles. The van der Waals surface area contributed by atoms with E-state index in [0.717, 1.165) is 12.1 Å². The van der Waals surface area contributed by atoms with E-state index in [2.05, 4.69) is 11.8 Å². The lowest BCUT2D eigenvalue weighted by Gasteiger charge is -2.42. The Morgan fingerprint density at radius 3 is 2.21 bits per heavy atom. The van der Waals surface area contributed by atoms with Gasteiger partial charge in [-0.1, -0.05) is 24.0 Å². The van der Waals surface area contributed by atoms with Gasteiger partial charge < -0.3 is 5.11 Å². The summed E-state index contributed by atoms with van der Waals surface area (Å²) in [4.78, 5) is 13.0. The summed E-state index contributed by atoms with van der Waals surface area (Å²) in [5.74, 6) is 4.75. The first-order chi connectivity index (χ1) is 15.0. The van der Waals surface area contributed by atoms with Crippen LogP contribution in [0.4, 0.5) is 26.3 Å². The Bertz CT molecular complexity index is 859. The van der Waals surface area contributed by atoms with Crippen LogP contribution in [0.15, 0.2) is 24.3 Å². The predicted octanol–water partition coefficient (Wildman–Crippen LogP) is 6.69. The number of rotatable bonds is 6. The molecule has 3 atom stereocenters. The van der Waals surface area contributed by atoms with E-state index in [0.29, 0.717) is 24.9 Å². The number of carboxylic acid groups (broad SMARTS) is 1. The van der Waals surface area contributed by atoms with Crippen molar-refractivity contribution in [2.45, 2.75) is 77.3 Å². The molecule has 0 saturated carbocycles. The fraction of sp³-hybridized carbons (Fsp3) is 0.625. The maximum absolute atomic E-state index is 13.0. The molecule has 0 aromatic heterocycles. The van der Waals surface area contributed by atoms with Gasteiger partial charge in [-0.25, -0.2) is 0 Å². The molecular weight excluding hydrogens is 448 g/mol. The zero-order chi connectivity index (χ0) is 25.0. The van der Waals surface area contributed by atoms with Gasteiger partial charge in [0, 0.05) is 30.8 Å². The molecular formula is C24H29F6NO2. The second-order valence-corrected chi connectivity index (χ2v) is 9.55. The lowest BCUT2D eigenvalue weighted by molar-refractivity contribution is -0.140. The molecule has 33 heavy (non-hydrogen) atoms. The normalized spacial score (nSPS) is 21.2. The maximum Gasteiger partial charge on any atom is 0.416 e. The molecule has 3 nitrogen and oxygen atoms in total. The number of hydrogen-bond donors (Lipinski definition) is 1. The highest BCUT2D eigenvalue weighted by Gasteiger charge is 2.37. The Balaban J connectivity index is 2.42. The summed E-state index contributed by atoms with van der Waals surface area (Å²) in [5.41, 5.74) is -0.758. The second kappa shape index (κ2) is 10.4. The van der Waals surface area contributed by atoms with Gasteiger partial charge in [0.15, 0.2) is 0 Å². The lowest BCUT2D eigenvalue weighted by Crippen LogP contribution is -2.44. The monoisotopic (exact) mass is 477 g/mol. The van der Waals surface area contributed by atoms with Crippen molar-refractivity contribution in [2.75, 3.05) is 6.54 Å². The average molecular weight is 477 g/mol. The molecule has 0 spiro atoms. The van der Waals surface area contributed by atoms with Crippen molar-refractivity contribution in [1.29, 1.82) is 0 Å². The molecule has 1 saturated heterocycles. The first kappa shape index (κ1) is 27.0. The van der Waals surface area contributed by atoms with Crippen molar-refractivity contribution >= 4 is 5.97 Å². The standard InChI is InChI=1S/C24H29F6NO2/c1-22(2,3)11-8-19(9-12-23(25,26)27)31-13-10-16(15-21(32)33)14-20(31)17-4-6-18(7-5-17)24(28,29)30/h4-7,16,19-20H,9-10,12-15H2,1-3H3,(H,32,33)/t16-,19-,20+/m1/s1. The third-order valence-electron chi connectivity index (χ3n) is 5.55. The number of carbonyl (C=O) groups is 1. The van der Waals surface area contributed by atoms with E-state index in [4.69, 9.17) is 0 Å². The van der Waals surface area contributed by atoms with E-state index in [1.807, 2.05) is 20.8 Å². The van der Waals surface area contributed by atoms with Crippen molar-refractivity contribution in [3.05, 3.63) is 35.4 Å². The van der Waals surface area contributed by atoms with Crippen LogP contribution in [0.5, 0.6) is 0 Å². The summed E-state index contributed by atoms with van der Waals surface area (Å²) in [6.45, 7) is 5.83. The van der Waals surface area contributed by atoms with Crippen molar-refractivity contribution in [1.82, 2.24) is 4.90 Å². The van der Waals surface area contributed by atoms with E-state index >= 15 is 0 Å². The number of alkyl halides is 6. The van der Waals surface area contributed by atoms with Crippen LogP contribution in [-0.4, -0.2) is 34.7 Å². The minimum Gasteiger partial charge on any atom is -0.481 e. The van der Waals surface area contributed by atoms with Crippen LogP contribution < -0.4 is 0 Å². The summed E-state index contributed by atoms with van der Waals surface area (Å²) in [5, 5.41) is 9.19. The largest absolute Gasteiger partial charge is 0.481 e. The molecule has 0 bridgehead atoms. The van der Waals surface area contributed by atoms with Gasteiger partial charge in [0.05, 0.1) is 11.6 Å². The molecule has 1 heterocycles. The number of benzene rings is 1. The number of likely N-dealkylation sites (tertiary alicyclic amines) is 1. The van der Waals surface area contributed by atoms with Crippen molar-refractivity contribution < 1.29 is 36.2 Å². The van der Waals surface area contributed by atoms with Gasteiger partial charge >= 0.3 is 18.3 Å². The van der Waals surface area contributed by atoms with Crippen LogP contribution in [-0.2, 0) is 11.0 Å². The third-order valence-corrected chi connectivity index (χ3v) is 5.55. The third kappa shape index (κ3) is 8.92. The topological polar surface area (TPSA) is 40.5 Å². The second-order valence-electron chi connectivity index (χ2n) is 9.55. The van der Waals surface area contributed by atoms with Crippen molar-refractivity contribution in [3.8, 4) is 11.8 Å². The molecule has 0 radical (unpaired) electrons. The number of hydrogen-bond acceptors (Lipinski definition) is 2. The fourth-order valence-corrected chi connectivity index (χ4v) is 4.00. The van der Waals surface area contributed by atoms with Gasteiger partial charge in [-0.05, 0) is 63.6 Å². The van der Waals surface area contributed by atoms with Gasteiger partial charge in [-0.15, -0.1) is 0 Å². The van der Waals surface area contributed by atoms with Crippen LogP contribution in [0.3, 0.4) is 0 Å². The van der Waals surface area contributed by atoms with Crippen molar-refractivity contribution in [2.24, 2.45) is 11.3 Å². The predicted molar refractivity (Wildman–Crippen MR) is 112 cm³/mol.